The van der Waals surface area contributed by atoms with Crippen molar-refractivity contribution in [2.45, 2.75) is 0 Å². The number of aromatic nitrogens is 3. The number of nitrogens with zero attached hydrogens (tertiary/aromatic N) is 5. The van der Waals surface area contributed by atoms with Gasteiger partial charge in [0, 0.05) is 40.3 Å². The van der Waals surface area contributed by atoms with Gasteiger partial charge >= 0.3 is 11.8 Å². The molecule has 1 fully saturated rings. The summed E-state index contributed by atoms with van der Waals surface area (Å²) in [6, 6.07) is 0. The molecular formula is C10H15N5O4. The topological polar surface area (TPSA) is 101 Å². The van der Waals surface area contributed by atoms with Crippen molar-refractivity contribution >= 4 is 11.9 Å². The number of rotatable bonds is 1. The van der Waals surface area contributed by atoms with E-state index in [1.807, 2.05) is 0 Å². The fourth-order valence-corrected chi connectivity index (χ4v) is 1.99. The van der Waals surface area contributed by atoms with Crippen LogP contribution in [0, 0.1) is 0 Å². The molecular weight excluding hydrogens is 254 g/mol. The predicted octanol–water partition coefficient (Wildman–Crippen LogP) is -1.72. The Kier molecular flexibility index (Phi) is 3.28. The Bertz CT molecular complexity index is 611. The van der Waals surface area contributed by atoms with Crippen molar-refractivity contribution in [3.8, 4) is 0 Å². The smallest absolute Gasteiger partial charge is 0.407 e. The SMILES string of the molecule is Cn1nc(N2CCN(C(=O)O)CC2)c(=O)n(C)c1=O. The summed E-state index contributed by atoms with van der Waals surface area (Å²) in [6.07, 6.45) is -0.971. The van der Waals surface area contributed by atoms with Gasteiger partial charge in [0.1, 0.15) is 0 Å². The van der Waals surface area contributed by atoms with Gasteiger partial charge in [-0.25, -0.2) is 14.3 Å². The van der Waals surface area contributed by atoms with E-state index in [4.69, 9.17) is 5.11 Å². The lowest BCUT2D eigenvalue weighted by atomic mass is 10.3. The third-order valence-corrected chi connectivity index (χ3v) is 3.15. The lowest BCUT2D eigenvalue weighted by Gasteiger charge is -2.33. The molecule has 0 aliphatic carbocycles. The van der Waals surface area contributed by atoms with Gasteiger partial charge in [-0.2, -0.15) is 0 Å². The van der Waals surface area contributed by atoms with Crippen LogP contribution in [0.5, 0.6) is 0 Å². The van der Waals surface area contributed by atoms with E-state index in [2.05, 4.69) is 5.10 Å². The Morgan fingerprint density at radius 2 is 1.74 bits per heavy atom. The maximum atomic E-state index is 12.0. The van der Waals surface area contributed by atoms with Crippen molar-refractivity contribution in [1.82, 2.24) is 19.2 Å². The molecule has 1 amide bonds. The molecule has 1 aliphatic heterocycles. The van der Waals surface area contributed by atoms with Gasteiger partial charge in [-0.1, -0.05) is 0 Å². The molecule has 1 aromatic heterocycles. The summed E-state index contributed by atoms with van der Waals surface area (Å²) in [5.41, 5.74) is -0.954. The summed E-state index contributed by atoms with van der Waals surface area (Å²) in [7, 11) is 2.86. The second-order valence-electron chi connectivity index (χ2n) is 4.35. The van der Waals surface area contributed by atoms with E-state index in [0.717, 1.165) is 9.25 Å². The van der Waals surface area contributed by atoms with Gasteiger partial charge in [0.2, 0.25) is 5.82 Å². The molecule has 0 atom stereocenters. The Balaban J connectivity index is 2.28. The number of carboxylic acid groups (broad SMARTS) is 1. The van der Waals surface area contributed by atoms with Crippen molar-refractivity contribution in [3.63, 3.8) is 0 Å². The number of amides is 1. The van der Waals surface area contributed by atoms with Crippen LogP contribution in [0.3, 0.4) is 0 Å². The quantitative estimate of drug-likeness (QED) is 0.651. The highest BCUT2D eigenvalue weighted by Crippen LogP contribution is 2.07. The Labute approximate surface area is 108 Å². The van der Waals surface area contributed by atoms with Gasteiger partial charge in [0.15, 0.2) is 0 Å². The number of hydrogen-bond acceptors (Lipinski definition) is 5. The zero-order valence-corrected chi connectivity index (χ0v) is 10.7. The van der Waals surface area contributed by atoms with E-state index < -0.39 is 17.3 Å². The summed E-state index contributed by atoms with van der Waals surface area (Å²) < 4.78 is 2.09. The monoisotopic (exact) mass is 269 g/mol. The molecule has 0 aromatic carbocycles. The van der Waals surface area contributed by atoms with Gasteiger partial charge in [0.05, 0.1) is 0 Å². The van der Waals surface area contributed by atoms with E-state index in [0.29, 0.717) is 26.2 Å². The highest BCUT2D eigenvalue weighted by Gasteiger charge is 2.24. The van der Waals surface area contributed by atoms with Gasteiger partial charge < -0.3 is 14.9 Å². The number of carbonyl (C=O) groups is 1. The van der Waals surface area contributed by atoms with E-state index in [1.54, 1.807) is 4.90 Å². The lowest BCUT2D eigenvalue weighted by molar-refractivity contribution is 0.142. The van der Waals surface area contributed by atoms with Crippen LogP contribution in [0.4, 0.5) is 10.6 Å². The first kappa shape index (κ1) is 13.1. The fraction of sp³-hybridized carbons (Fsp3) is 0.600. The molecule has 0 saturated carbocycles. The lowest BCUT2D eigenvalue weighted by Crippen LogP contribution is -2.51. The van der Waals surface area contributed by atoms with Gasteiger partial charge in [-0.3, -0.25) is 9.36 Å². The van der Waals surface area contributed by atoms with Gasteiger partial charge in [-0.05, 0) is 0 Å². The Morgan fingerprint density at radius 1 is 1.16 bits per heavy atom. The zero-order chi connectivity index (χ0) is 14.2. The first-order valence-corrected chi connectivity index (χ1v) is 5.79. The van der Waals surface area contributed by atoms with Gasteiger partial charge in [-0.15, -0.1) is 5.10 Å². The average Bonchev–Trinajstić information content (AvgIpc) is 2.40. The van der Waals surface area contributed by atoms with Crippen LogP contribution in [0.1, 0.15) is 0 Å². The molecule has 1 saturated heterocycles. The highest BCUT2D eigenvalue weighted by molar-refractivity contribution is 5.65. The molecule has 1 aromatic rings. The van der Waals surface area contributed by atoms with E-state index in [9.17, 15) is 14.4 Å². The molecule has 2 heterocycles. The van der Waals surface area contributed by atoms with E-state index >= 15 is 0 Å². The summed E-state index contributed by atoms with van der Waals surface area (Å²) in [5, 5.41) is 12.8. The van der Waals surface area contributed by atoms with Crippen molar-refractivity contribution in [1.29, 1.82) is 0 Å². The Morgan fingerprint density at radius 3 is 2.26 bits per heavy atom. The van der Waals surface area contributed by atoms with Crippen LogP contribution in [0.2, 0.25) is 0 Å². The maximum absolute atomic E-state index is 12.0. The van der Waals surface area contributed by atoms with E-state index in [1.165, 1.54) is 19.0 Å². The van der Waals surface area contributed by atoms with Gasteiger partial charge in [0.25, 0.3) is 5.56 Å². The highest BCUT2D eigenvalue weighted by atomic mass is 16.4. The zero-order valence-electron chi connectivity index (χ0n) is 10.7. The maximum Gasteiger partial charge on any atom is 0.407 e. The number of hydrogen-bond donors (Lipinski definition) is 1. The first-order chi connectivity index (χ1) is 8.91. The van der Waals surface area contributed by atoms with Crippen molar-refractivity contribution < 1.29 is 9.90 Å². The minimum atomic E-state index is -0.971. The van der Waals surface area contributed by atoms with Crippen molar-refractivity contribution in [2.24, 2.45) is 14.1 Å². The Hall–Kier alpha value is -2.32. The molecule has 1 aliphatic rings. The van der Waals surface area contributed by atoms with Crippen molar-refractivity contribution in [3.05, 3.63) is 20.8 Å². The largest absolute Gasteiger partial charge is 0.465 e. The summed E-state index contributed by atoms with van der Waals surface area (Å²) in [6.45, 7) is 1.38. The molecule has 19 heavy (non-hydrogen) atoms. The summed E-state index contributed by atoms with van der Waals surface area (Å²) in [5.74, 6) is 0.176. The number of anilines is 1. The molecule has 9 nitrogen and oxygen atoms in total. The second kappa shape index (κ2) is 4.75. The average molecular weight is 269 g/mol. The minimum absolute atomic E-state index is 0.176. The number of piperazine rings is 1. The van der Waals surface area contributed by atoms with Crippen LogP contribution < -0.4 is 16.1 Å². The molecule has 1 N–H and O–H groups in total. The first-order valence-electron chi connectivity index (χ1n) is 5.79. The van der Waals surface area contributed by atoms with Crippen LogP contribution in [-0.2, 0) is 14.1 Å². The van der Waals surface area contributed by atoms with E-state index in [-0.39, 0.29) is 5.82 Å². The van der Waals surface area contributed by atoms with Crippen LogP contribution in [-0.4, -0.2) is 56.6 Å². The van der Waals surface area contributed by atoms with Crippen molar-refractivity contribution in [2.75, 3.05) is 31.1 Å². The molecule has 0 radical (unpaired) electrons. The standard InChI is InChI=1S/C10H15N5O4/c1-12-8(16)7(11-13(2)9(12)17)14-3-5-15(6-4-14)10(18)19/h3-6H2,1-2H3,(H,18,19). The molecule has 2 rings (SSSR count). The molecule has 104 valence electrons. The van der Waals surface area contributed by atoms with Crippen LogP contribution in [0.15, 0.2) is 9.59 Å². The molecule has 0 spiro atoms. The molecule has 0 unspecified atom stereocenters. The number of aryl methyl sites for hydroxylation is 1. The normalized spacial score (nSPS) is 15.7. The molecule has 0 bridgehead atoms. The van der Waals surface area contributed by atoms with Crippen LogP contribution >= 0.6 is 0 Å². The minimum Gasteiger partial charge on any atom is -0.465 e. The van der Waals surface area contributed by atoms with Crippen LogP contribution in [0.25, 0.3) is 0 Å². The molecule has 9 heteroatoms. The fourth-order valence-electron chi connectivity index (χ4n) is 1.99. The second-order valence-corrected chi connectivity index (χ2v) is 4.35. The summed E-state index contributed by atoms with van der Waals surface area (Å²) >= 11 is 0. The third kappa shape index (κ3) is 2.30. The third-order valence-electron chi connectivity index (χ3n) is 3.15. The predicted molar refractivity (Wildman–Crippen MR) is 66.5 cm³/mol. The summed E-state index contributed by atoms with van der Waals surface area (Å²) in [4.78, 5) is 37.3.